The van der Waals surface area contributed by atoms with Crippen molar-refractivity contribution in [1.29, 1.82) is 0 Å². The Kier molecular flexibility index (Phi) is 3.46. The molecular weight excluding hydrogens is 212 g/mol. The highest BCUT2D eigenvalue weighted by Crippen LogP contribution is 2.44. The first-order valence-corrected chi connectivity index (χ1v) is 6.37. The number of nitrogens with one attached hydrogen (secondary N) is 1. The van der Waals surface area contributed by atoms with Gasteiger partial charge in [0.1, 0.15) is 5.75 Å². The molecule has 2 rings (SSSR count). The molecule has 1 aliphatic rings. The molecule has 0 bridgehead atoms. The Hall–Kier alpha value is -1.38. The quantitative estimate of drug-likeness (QED) is 0.769. The molecule has 1 fully saturated rings. The second-order valence-corrected chi connectivity index (χ2v) is 4.98. The number of nitrogens with two attached hydrogens (primary N) is 1. The molecule has 0 amide bonds. The number of para-hydroxylation sites is 1. The van der Waals surface area contributed by atoms with Crippen LogP contribution in [0.2, 0.25) is 0 Å². The van der Waals surface area contributed by atoms with Crippen LogP contribution >= 0.6 is 0 Å². The highest BCUT2D eigenvalue weighted by Gasteiger charge is 2.34. The Morgan fingerprint density at radius 2 is 2.18 bits per heavy atom. The zero-order valence-electron chi connectivity index (χ0n) is 10.8. The van der Waals surface area contributed by atoms with Crippen molar-refractivity contribution in [3.63, 3.8) is 0 Å². The van der Waals surface area contributed by atoms with E-state index in [1.165, 1.54) is 25.7 Å². The molecule has 0 spiro atoms. The van der Waals surface area contributed by atoms with Gasteiger partial charge in [-0.2, -0.15) is 0 Å². The summed E-state index contributed by atoms with van der Waals surface area (Å²) >= 11 is 0. The molecule has 1 aromatic carbocycles. The van der Waals surface area contributed by atoms with Gasteiger partial charge in [0.25, 0.3) is 0 Å². The smallest absolute Gasteiger partial charge is 0.143 e. The SMILES string of the molecule is CCC1(CNc2cccc(OC)c2N)CCC1. The summed E-state index contributed by atoms with van der Waals surface area (Å²) < 4.78 is 5.22. The molecule has 0 saturated heterocycles. The number of nitrogen functional groups attached to an aromatic ring is 1. The summed E-state index contributed by atoms with van der Waals surface area (Å²) in [6.45, 7) is 3.29. The van der Waals surface area contributed by atoms with Crippen LogP contribution in [0.15, 0.2) is 18.2 Å². The highest BCUT2D eigenvalue weighted by molar-refractivity contribution is 5.72. The highest BCUT2D eigenvalue weighted by atomic mass is 16.5. The van der Waals surface area contributed by atoms with Crippen LogP contribution in [0, 0.1) is 5.41 Å². The van der Waals surface area contributed by atoms with E-state index in [2.05, 4.69) is 12.2 Å². The van der Waals surface area contributed by atoms with Crippen LogP contribution in [0.25, 0.3) is 0 Å². The van der Waals surface area contributed by atoms with Gasteiger partial charge in [-0.3, -0.25) is 0 Å². The van der Waals surface area contributed by atoms with Gasteiger partial charge in [-0.1, -0.05) is 19.4 Å². The van der Waals surface area contributed by atoms with Crippen molar-refractivity contribution in [2.24, 2.45) is 5.41 Å². The molecule has 3 nitrogen and oxygen atoms in total. The van der Waals surface area contributed by atoms with E-state index in [9.17, 15) is 0 Å². The van der Waals surface area contributed by atoms with Gasteiger partial charge in [-0.05, 0) is 36.8 Å². The van der Waals surface area contributed by atoms with Crippen molar-refractivity contribution in [2.45, 2.75) is 32.6 Å². The zero-order valence-corrected chi connectivity index (χ0v) is 10.8. The minimum atomic E-state index is 0.496. The Balaban J connectivity index is 2.04. The van der Waals surface area contributed by atoms with Gasteiger partial charge < -0.3 is 15.8 Å². The summed E-state index contributed by atoms with van der Waals surface area (Å²) in [5.41, 5.74) is 8.23. The van der Waals surface area contributed by atoms with Gasteiger partial charge >= 0.3 is 0 Å². The van der Waals surface area contributed by atoms with E-state index < -0.39 is 0 Å². The first-order chi connectivity index (χ1) is 8.21. The number of methoxy groups -OCH3 is 1. The lowest BCUT2D eigenvalue weighted by molar-refractivity contribution is 0.145. The maximum Gasteiger partial charge on any atom is 0.143 e. The van der Waals surface area contributed by atoms with Gasteiger partial charge in [0.2, 0.25) is 0 Å². The largest absolute Gasteiger partial charge is 0.495 e. The minimum Gasteiger partial charge on any atom is -0.495 e. The molecule has 0 aromatic heterocycles. The summed E-state index contributed by atoms with van der Waals surface area (Å²) in [6, 6.07) is 5.87. The van der Waals surface area contributed by atoms with E-state index in [1.54, 1.807) is 7.11 Å². The molecule has 0 unspecified atom stereocenters. The fourth-order valence-corrected chi connectivity index (χ4v) is 2.49. The molecule has 3 heteroatoms. The number of hydrogen-bond donors (Lipinski definition) is 2. The normalized spacial score (nSPS) is 17.3. The average molecular weight is 234 g/mol. The van der Waals surface area contributed by atoms with Crippen LogP contribution < -0.4 is 15.8 Å². The second-order valence-electron chi connectivity index (χ2n) is 4.98. The number of benzene rings is 1. The Morgan fingerprint density at radius 3 is 2.71 bits per heavy atom. The van der Waals surface area contributed by atoms with Gasteiger partial charge in [-0.25, -0.2) is 0 Å². The lowest BCUT2D eigenvalue weighted by Gasteiger charge is -2.41. The predicted octanol–water partition coefficient (Wildman–Crippen LogP) is 3.27. The molecule has 17 heavy (non-hydrogen) atoms. The summed E-state index contributed by atoms with van der Waals surface area (Å²) in [5, 5.41) is 3.48. The molecule has 1 aromatic rings. The number of rotatable bonds is 5. The molecule has 94 valence electrons. The molecule has 0 radical (unpaired) electrons. The van der Waals surface area contributed by atoms with Crippen LogP contribution in [0.1, 0.15) is 32.6 Å². The monoisotopic (exact) mass is 234 g/mol. The first-order valence-electron chi connectivity index (χ1n) is 6.37. The van der Waals surface area contributed by atoms with Crippen molar-refractivity contribution in [1.82, 2.24) is 0 Å². The Bertz CT molecular complexity index is 380. The van der Waals surface area contributed by atoms with E-state index >= 15 is 0 Å². The van der Waals surface area contributed by atoms with Crippen LogP contribution in [0.4, 0.5) is 11.4 Å². The maximum absolute atomic E-state index is 6.04. The summed E-state index contributed by atoms with van der Waals surface area (Å²) in [5.74, 6) is 0.745. The van der Waals surface area contributed by atoms with Crippen molar-refractivity contribution in [3.05, 3.63) is 18.2 Å². The second kappa shape index (κ2) is 4.86. The van der Waals surface area contributed by atoms with Crippen LogP contribution in [-0.2, 0) is 0 Å². The third-order valence-corrected chi connectivity index (χ3v) is 4.10. The third-order valence-electron chi connectivity index (χ3n) is 4.10. The van der Waals surface area contributed by atoms with Crippen LogP contribution in [0.5, 0.6) is 5.75 Å². The molecule has 1 aliphatic carbocycles. The summed E-state index contributed by atoms with van der Waals surface area (Å²) in [7, 11) is 1.65. The number of ether oxygens (including phenoxy) is 1. The Labute approximate surface area is 103 Å². The van der Waals surface area contributed by atoms with E-state index in [-0.39, 0.29) is 0 Å². The molecule has 3 N–H and O–H groups in total. The Morgan fingerprint density at radius 1 is 1.41 bits per heavy atom. The fourth-order valence-electron chi connectivity index (χ4n) is 2.49. The van der Waals surface area contributed by atoms with Crippen LogP contribution in [0.3, 0.4) is 0 Å². The number of hydrogen-bond acceptors (Lipinski definition) is 3. The van der Waals surface area contributed by atoms with Gasteiger partial charge in [0, 0.05) is 6.54 Å². The minimum absolute atomic E-state index is 0.496. The van der Waals surface area contributed by atoms with E-state index in [1.807, 2.05) is 18.2 Å². The summed E-state index contributed by atoms with van der Waals surface area (Å²) in [6.07, 6.45) is 5.27. The molecule has 0 aliphatic heterocycles. The molecule has 0 heterocycles. The van der Waals surface area contributed by atoms with Crippen molar-refractivity contribution in [2.75, 3.05) is 24.7 Å². The third kappa shape index (κ3) is 2.33. The van der Waals surface area contributed by atoms with Crippen molar-refractivity contribution < 1.29 is 4.74 Å². The number of anilines is 2. The maximum atomic E-state index is 6.04. The first kappa shape index (κ1) is 12.1. The van der Waals surface area contributed by atoms with Crippen molar-refractivity contribution >= 4 is 11.4 Å². The topological polar surface area (TPSA) is 47.3 Å². The fraction of sp³-hybridized carbons (Fsp3) is 0.571. The lowest BCUT2D eigenvalue weighted by Crippen LogP contribution is -2.35. The van der Waals surface area contributed by atoms with E-state index in [0.29, 0.717) is 11.1 Å². The molecular formula is C14H22N2O. The average Bonchev–Trinajstić information content (AvgIpc) is 2.30. The van der Waals surface area contributed by atoms with Crippen molar-refractivity contribution in [3.8, 4) is 5.75 Å². The lowest BCUT2D eigenvalue weighted by atomic mass is 9.67. The summed E-state index contributed by atoms with van der Waals surface area (Å²) in [4.78, 5) is 0. The van der Waals surface area contributed by atoms with E-state index in [4.69, 9.17) is 10.5 Å². The zero-order chi connectivity index (χ0) is 12.3. The van der Waals surface area contributed by atoms with Gasteiger partial charge in [-0.15, -0.1) is 0 Å². The van der Waals surface area contributed by atoms with Gasteiger partial charge in [0.15, 0.2) is 0 Å². The molecule has 1 saturated carbocycles. The predicted molar refractivity (Wildman–Crippen MR) is 72.5 cm³/mol. The standard InChI is InChI=1S/C14H22N2O/c1-3-14(8-5-9-14)10-16-11-6-4-7-12(17-2)13(11)15/h4,6-7,16H,3,5,8-10,15H2,1-2H3. The molecule has 0 atom stereocenters. The van der Waals surface area contributed by atoms with E-state index in [0.717, 1.165) is 18.0 Å². The van der Waals surface area contributed by atoms with Gasteiger partial charge in [0.05, 0.1) is 18.5 Å². The van der Waals surface area contributed by atoms with Crippen LogP contribution in [-0.4, -0.2) is 13.7 Å².